The van der Waals surface area contributed by atoms with Gasteiger partial charge in [0.1, 0.15) is 5.82 Å². The maximum absolute atomic E-state index is 13.0. The summed E-state index contributed by atoms with van der Waals surface area (Å²) in [7, 11) is 0. The van der Waals surface area contributed by atoms with Gasteiger partial charge in [-0.25, -0.2) is 4.39 Å². The van der Waals surface area contributed by atoms with Crippen LogP contribution in [0.5, 0.6) is 0 Å². The molecule has 19 heavy (non-hydrogen) atoms. The highest BCUT2D eigenvalue weighted by Crippen LogP contribution is 2.17. The molecule has 0 aromatic heterocycles. The molecule has 0 radical (unpaired) electrons. The molecule has 0 saturated heterocycles. The number of aliphatic hydroxyl groups excluding tert-OH is 1. The molecule has 1 aromatic carbocycles. The zero-order valence-electron chi connectivity index (χ0n) is 10.7. The normalized spacial score (nSPS) is 21.6. The van der Waals surface area contributed by atoms with Crippen LogP contribution in [0, 0.1) is 11.7 Å². The molecule has 0 bridgehead atoms. The Hall–Kier alpha value is -1.68. The first kappa shape index (κ1) is 13.7. The molecule has 2 N–H and O–H groups in total. The molecule has 0 spiro atoms. The number of benzene rings is 1. The second kappa shape index (κ2) is 6.48. The van der Waals surface area contributed by atoms with Crippen LogP contribution in [0.2, 0.25) is 0 Å². The summed E-state index contributed by atoms with van der Waals surface area (Å²) in [5.41, 5.74) is 0.824. The number of rotatable bonds is 5. The molecule has 1 aliphatic carbocycles. The van der Waals surface area contributed by atoms with Gasteiger partial charge in [-0.15, -0.1) is 0 Å². The molecule has 1 aromatic rings. The second-order valence-electron chi connectivity index (χ2n) is 4.87. The topological polar surface area (TPSA) is 49.3 Å². The number of nitrogens with one attached hydrogen (secondary N) is 1. The van der Waals surface area contributed by atoms with E-state index >= 15 is 0 Å². The number of amides is 1. The van der Waals surface area contributed by atoms with E-state index in [1.165, 1.54) is 12.1 Å². The first-order valence-corrected chi connectivity index (χ1v) is 6.50. The fraction of sp³-hybridized carbons (Fsp3) is 0.400. The summed E-state index contributed by atoms with van der Waals surface area (Å²) in [5.74, 6) is -0.173. The fourth-order valence-electron chi connectivity index (χ4n) is 2.25. The Balaban J connectivity index is 1.75. The van der Waals surface area contributed by atoms with E-state index in [-0.39, 0.29) is 30.3 Å². The van der Waals surface area contributed by atoms with E-state index in [1.54, 1.807) is 6.07 Å². The lowest BCUT2D eigenvalue weighted by molar-refractivity contribution is -0.121. The maximum atomic E-state index is 13.0. The van der Waals surface area contributed by atoms with Crippen molar-refractivity contribution in [2.45, 2.75) is 25.3 Å². The third kappa shape index (κ3) is 4.17. The van der Waals surface area contributed by atoms with Crippen LogP contribution in [0.3, 0.4) is 0 Å². The van der Waals surface area contributed by atoms with Crippen LogP contribution >= 0.6 is 0 Å². The number of aliphatic hydroxyl groups is 1. The summed E-state index contributed by atoms with van der Waals surface area (Å²) < 4.78 is 13.0. The van der Waals surface area contributed by atoms with Crippen molar-refractivity contribution in [3.8, 4) is 0 Å². The Morgan fingerprint density at radius 2 is 2.26 bits per heavy atom. The van der Waals surface area contributed by atoms with Crippen molar-refractivity contribution >= 4 is 5.91 Å². The predicted molar refractivity (Wildman–Crippen MR) is 71.0 cm³/mol. The van der Waals surface area contributed by atoms with Crippen molar-refractivity contribution in [3.05, 3.63) is 47.8 Å². The van der Waals surface area contributed by atoms with Gasteiger partial charge in [0.05, 0.1) is 0 Å². The monoisotopic (exact) mass is 263 g/mol. The van der Waals surface area contributed by atoms with E-state index in [4.69, 9.17) is 5.11 Å². The van der Waals surface area contributed by atoms with E-state index < -0.39 is 0 Å². The Labute approximate surface area is 112 Å². The zero-order chi connectivity index (χ0) is 13.7. The van der Waals surface area contributed by atoms with Crippen molar-refractivity contribution in [1.82, 2.24) is 5.32 Å². The van der Waals surface area contributed by atoms with Crippen LogP contribution < -0.4 is 5.32 Å². The average molecular weight is 263 g/mol. The lowest BCUT2D eigenvalue weighted by Gasteiger charge is -2.12. The summed E-state index contributed by atoms with van der Waals surface area (Å²) in [6.45, 7) is 0.117. The van der Waals surface area contributed by atoms with Gasteiger partial charge in [0.25, 0.3) is 0 Å². The lowest BCUT2D eigenvalue weighted by Crippen LogP contribution is -2.33. The summed E-state index contributed by atoms with van der Waals surface area (Å²) in [5, 5.41) is 11.9. The summed E-state index contributed by atoms with van der Waals surface area (Å²) in [6.07, 6.45) is 5.47. The van der Waals surface area contributed by atoms with Crippen molar-refractivity contribution in [2.24, 2.45) is 5.92 Å². The van der Waals surface area contributed by atoms with Crippen LogP contribution in [-0.2, 0) is 11.2 Å². The molecular weight excluding hydrogens is 245 g/mol. The summed E-state index contributed by atoms with van der Waals surface area (Å²) in [6, 6.07) is 6.31. The van der Waals surface area contributed by atoms with E-state index in [0.29, 0.717) is 12.8 Å². The molecule has 0 aliphatic heterocycles. The van der Waals surface area contributed by atoms with Gasteiger partial charge in [-0.2, -0.15) is 0 Å². The lowest BCUT2D eigenvalue weighted by atomic mass is 10.1. The van der Waals surface area contributed by atoms with Crippen molar-refractivity contribution in [3.63, 3.8) is 0 Å². The summed E-state index contributed by atoms with van der Waals surface area (Å²) in [4.78, 5) is 11.8. The third-order valence-corrected chi connectivity index (χ3v) is 3.28. The van der Waals surface area contributed by atoms with Crippen molar-refractivity contribution in [1.29, 1.82) is 0 Å². The molecule has 0 saturated carbocycles. The molecule has 102 valence electrons. The highest BCUT2D eigenvalue weighted by molar-refractivity contribution is 5.76. The third-order valence-electron chi connectivity index (χ3n) is 3.28. The highest BCUT2D eigenvalue weighted by Gasteiger charge is 2.19. The predicted octanol–water partition coefficient (Wildman–Crippen LogP) is 1.81. The van der Waals surface area contributed by atoms with Gasteiger partial charge >= 0.3 is 0 Å². The molecule has 1 aliphatic rings. The Morgan fingerprint density at radius 1 is 1.42 bits per heavy atom. The quantitative estimate of drug-likeness (QED) is 0.796. The molecule has 4 heteroatoms. The number of halogens is 1. The van der Waals surface area contributed by atoms with E-state index in [9.17, 15) is 9.18 Å². The molecule has 2 rings (SSSR count). The van der Waals surface area contributed by atoms with Crippen molar-refractivity contribution < 1.29 is 14.3 Å². The van der Waals surface area contributed by atoms with Crippen LogP contribution in [0.15, 0.2) is 36.4 Å². The molecule has 3 nitrogen and oxygen atoms in total. The first-order chi connectivity index (χ1) is 9.17. The fourth-order valence-corrected chi connectivity index (χ4v) is 2.25. The van der Waals surface area contributed by atoms with Crippen molar-refractivity contribution in [2.75, 3.05) is 6.61 Å². The molecule has 0 fully saturated rings. The highest BCUT2D eigenvalue weighted by atomic mass is 19.1. The van der Waals surface area contributed by atoms with Gasteiger partial charge in [0.15, 0.2) is 0 Å². The van der Waals surface area contributed by atoms with Crippen LogP contribution in [0.1, 0.15) is 18.4 Å². The van der Waals surface area contributed by atoms with Crippen LogP contribution in [0.4, 0.5) is 4.39 Å². The van der Waals surface area contributed by atoms with Gasteiger partial charge in [-0.05, 0) is 30.5 Å². The number of carbonyl (C=O) groups excluding carboxylic acids is 1. The van der Waals surface area contributed by atoms with Crippen LogP contribution in [0.25, 0.3) is 0 Å². The molecule has 0 unspecified atom stereocenters. The minimum atomic E-state index is -0.276. The van der Waals surface area contributed by atoms with Gasteiger partial charge in [-0.3, -0.25) is 4.79 Å². The number of hydrogen-bond donors (Lipinski definition) is 2. The molecule has 0 heterocycles. The van der Waals surface area contributed by atoms with Gasteiger partial charge in [0, 0.05) is 25.0 Å². The van der Waals surface area contributed by atoms with E-state index in [0.717, 1.165) is 12.0 Å². The standard InChI is InChI=1S/C15H18FNO2/c16-13-3-1-2-11(8-13)5-7-15(19)17-14-6-4-12(9-14)10-18/h1-4,6,8,12,14,18H,5,7,9-10H2,(H,17,19)/t12-,14+/m0/s1. The van der Waals surface area contributed by atoms with Gasteiger partial charge in [-0.1, -0.05) is 24.3 Å². The van der Waals surface area contributed by atoms with E-state index in [1.807, 2.05) is 18.2 Å². The number of aryl methyl sites for hydroxylation is 1. The minimum absolute atomic E-state index is 0.0113. The van der Waals surface area contributed by atoms with E-state index in [2.05, 4.69) is 5.32 Å². The minimum Gasteiger partial charge on any atom is -0.396 e. The number of hydrogen-bond acceptors (Lipinski definition) is 2. The largest absolute Gasteiger partial charge is 0.396 e. The second-order valence-corrected chi connectivity index (χ2v) is 4.87. The van der Waals surface area contributed by atoms with Gasteiger partial charge < -0.3 is 10.4 Å². The Kier molecular flexibility index (Phi) is 4.68. The molecule has 2 atom stereocenters. The SMILES string of the molecule is O=C(CCc1cccc(F)c1)N[C@@H]1C=C[C@H](CO)C1. The van der Waals surface area contributed by atoms with Crippen LogP contribution in [-0.4, -0.2) is 23.7 Å². The van der Waals surface area contributed by atoms with Gasteiger partial charge in [0.2, 0.25) is 5.91 Å². The zero-order valence-corrected chi connectivity index (χ0v) is 10.7. The maximum Gasteiger partial charge on any atom is 0.220 e. The first-order valence-electron chi connectivity index (χ1n) is 6.50. The smallest absolute Gasteiger partial charge is 0.220 e. The summed E-state index contributed by atoms with van der Waals surface area (Å²) >= 11 is 0. The molecular formula is C15H18FNO2. The Bertz CT molecular complexity index is 473. The number of carbonyl (C=O) groups is 1. The Morgan fingerprint density at radius 3 is 2.95 bits per heavy atom. The average Bonchev–Trinajstić information content (AvgIpc) is 2.84. The molecule has 1 amide bonds.